The van der Waals surface area contributed by atoms with Crippen LogP contribution >= 0.6 is 15.9 Å². The number of fused-ring (bicyclic) bond motifs is 1. The summed E-state index contributed by atoms with van der Waals surface area (Å²) in [7, 11) is 0. The van der Waals surface area contributed by atoms with Gasteiger partial charge in [-0.25, -0.2) is 0 Å². The Labute approximate surface area is 159 Å². The Hall–Kier alpha value is -2.66. The monoisotopic (exact) mass is 408 g/mol. The number of amides is 2. The molecule has 1 saturated heterocycles. The van der Waals surface area contributed by atoms with Crippen molar-refractivity contribution in [2.75, 3.05) is 16.8 Å². The summed E-state index contributed by atoms with van der Waals surface area (Å²) in [6.45, 7) is 0.392. The number of anilines is 2. The van der Waals surface area contributed by atoms with Crippen LogP contribution in [0.3, 0.4) is 0 Å². The average Bonchev–Trinajstić information content (AvgIpc) is 3.05. The summed E-state index contributed by atoms with van der Waals surface area (Å²) < 4.78 is 0.823. The van der Waals surface area contributed by atoms with E-state index in [9.17, 15) is 9.59 Å². The van der Waals surface area contributed by atoms with Gasteiger partial charge in [-0.15, -0.1) is 0 Å². The standard InChI is InChI=1S/C21H17BrN2O2/c22-17-9-3-4-10-18(17)23-21(26)15-12-20(25)24(13-15)19-11-5-7-14-6-1-2-8-16(14)19/h1-11,15H,12-13H2,(H,23,26)/t15-/m1/s1. The first-order valence-corrected chi connectivity index (χ1v) is 9.26. The highest BCUT2D eigenvalue weighted by Crippen LogP contribution is 2.32. The lowest BCUT2D eigenvalue weighted by Crippen LogP contribution is -2.28. The fourth-order valence-corrected chi connectivity index (χ4v) is 3.74. The molecule has 4 rings (SSSR count). The molecular formula is C21H17BrN2O2. The number of carbonyl (C=O) groups excluding carboxylic acids is 2. The Kier molecular flexibility index (Phi) is 4.47. The molecule has 130 valence electrons. The molecule has 1 fully saturated rings. The molecule has 1 aliphatic rings. The summed E-state index contributed by atoms with van der Waals surface area (Å²) in [6, 6.07) is 21.3. The molecule has 1 aliphatic heterocycles. The maximum Gasteiger partial charge on any atom is 0.229 e. The number of halogens is 1. The van der Waals surface area contributed by atoms with Gasteiger partial charge in [0, 0.05) is 22.8 Å². The third-order valence-corrected chi connectivity index (χ3v) is 5.38. The Morgan fingerprint density at radius 2 is 1.73 bits per heavy atom. The minimum Gasteiger partial charge on any atom is -0.325 e. The molecular weight excluding hydrogens is 392 g/mol. The Morgan fingerprint density at radius 1 is 1.00 bits per heavy atom. The summed E-state index contributed by atoms with van der Waals surface area (Å²) in [6.07, 6.45) is 0.222. The third-order valence-electron chi connectivity index (χ3n) is 4.68. The molecule has 1 N–H and O–H groups in total. The maximum absolute atomic E-state index is 12.6. The van der Waals surface area contributed by atoms with Crippen LogP contribution < -0.4 is 10.2 Å². The van der Waals surface area contributed by atoms with Crippen LogP contribution in [0.4, 0.5) is 11.4 Å². The van der Waals surface area contributed by atoms with Crippen LogP contribution in [-0.4, -0.2) is 18.4 Å². The molecule has 0 spiro atoms. The molecule has 0 radical (unpaired) electrons. The molecule has 26 heavy (non-hydrogen) atoms. The minimum absolute atomic E-state index is 0.0198. The van der Waals surface area contributed by atoms with Gasteiger partial charge in [0.1, 0.15) is 0 Å². The van der Waals surface area contributed by atoms with E-state index in [0.29, 0.717) is 12.2 Å². The van der Waals surface area contributed by atoms with Gasteiger partial charge in [0.25, 0.3) is 0 Å². The first-order valence-electron chi connectivity index (χ1n) is 8.47. The van der Waals surface area contributed by atoms with E-state index in [1.807, 2.05) is 66.7 Å². The average molecular weight is 409 g/mol. The van der Waals surface area contributed by atoms with Crippen LogP contribution in [0.25, 0.3) is 10.8 Å². The van der Waals surface area contributed by atoms with E-state index >= 15 is 0 Å². The second-order valence-electron chi connectivity index (χ2n) is 6.37. The van der Waals surface area contributed by atoms with E-state index in [2.05, 4.69) is 21.2 Å². The smallest absolute Gasteiger partial charge is 0.229 e. The lowest BCUT2D eigenvalue weighted by Gasteiger charge is -2.19. The maximum atomic E-state index is 12.6. The number of para-hydroxylation sites is 1. The second kappa shape index (κ2) is 6.92. The minimum atomic E-state index is -0.367. The predicted octanol–water partition coefficient (Wildman–Crippen LogP) is 4.59. The van der Waals surface area contributed by atoms with Crippen LogP contribution in [0.5, 0.6) is 0 Å². The molecule has 5 heteroatoms. The highest BCUT2D eigenvalue weighted by molar-refractivity contribution is 9.10. The van der Waals surface area contributed by atoms with E-state index in [0.717, 1.165) is 20.9 Å². The molecule has 2 amide bonds. The zero-order valence-electron chi connectivity index (χ0n) is 14.0. The van der Waals surface area contributed by atoms with Crippen molar-refractivity contribution in [1.82, 2.24) is 0 Å². The van der Waals surface area contributed by atoms with E-state index in [4.69, 9.17) is 0 Å². The van der Waals surface area contributed by atoms with Gasteiger partial charge in [-0.3, -0.25) is 9.59 Å². The first-order chi connectivity index (χ1) is 12.6. The lowest BCUT2D eigenvalue weighted by atomic mass is 10.1. The normalized spacial score (nSPS) is 16.9. The van der Waals surface area contributed by atoms with Gasteiger partial charge >= 0.3 is 0 Å². The molecule has 1 atom stereocenters. The van der Waals surface area contributed by atoms with Crippen LogP contribution in [-0.2, 0) is 9.59 Å². The van der Waals surface area contributed by atoms with Crippen molar-refractivity contribution in [3.63, 3.8) is 0 Å². The molecule has 0 bridgehead atoms. The summed E-state index contributed by atoms with van der Waals surface area (Å²) in [5, 5.41) is 5.02. The van der Waals surface area contributed by atoms with Crippen molar-refractivity contribution in [2.45, 2.75) is 6.42 Å². The largest absolute Gasteiger partial charge is 0.325 e. The fourth-order valence-electron chi connectivity index (χ4n) is 3.36. The number of hydrogen-bond donors (Lipinski definition) is 1. The summed E-state index contributed by atoms with van der Waals surface area (Å²) in [4.78, 5) is 27.0. The second-order valence-corrected chi connectivity index (χ2v) is 7.23. The number of benzene rings is 3. The summed E-state index contributed by atoms with van der Waals surface area (Å²) in [5.74, 6) is -0.518. The number of rotatable bonds is 3. The van der Waals surface area contributed by atoms with E-state index in [1.165, 1.54) is 0 Å². The number of nitrogens with zero attached hydrogens (tertiary/aromatic N) is 1. The van der Waals surface area contributed by atoms with Crippen molar-refractivity contribution in [3.8, 4) is 0 Å². The molecule has 0 aliphatic carbocycles. The van der Waals surface area contributed by atoms with Gasteiger partial charge in [0.05, 0.1) is 17.3 Å². The highest BCUT2D eigenvalue weighted by atomic mass is 79.9. The summed E-state index contributed by atoms with van der Waals surface area (Å²) >= 11 is 3.43. The van der Waals surface area contributed by atoms with Gasteiger partial charge in [0.2, 0.25) is 11.8 Å². The number of hydrogen-bond acceptors (Lipinski definition) is 2. The Bertz CT molecular complexity index is 997. The highest BCUT2D eigenvalue weighted by Gasteiger charge is 2.35. The van der Waals surface area contributed by atoms with Crippen molar-refractivity contribution in [1.29, 1.82) is 0 Å². The predicted molar refractivity (Wildman–Crippen MR) is 107 cm³/mol. The van der Waals surface area contributed by atoms with Gasteiger partial charge < -0.3 is 10.2 Å². The van der Waals surface area contributed by atoms with Gasteiger partial charge in [-0.1, -0.05) is 48.5 Å². The lowest BCUT2D eigenvalue weighted by molar-refractivity contribution is -0.122. The Balaban J connectivity index is 1.57. The SMILES string of the molecule is O=C(Nc1ccccc1Br)[C@@H]1CC(=O)N(c2cccc3ccccc23)C1. The van der Waals surface area contributed by atoms with Gasteiger partial charge in [-0.05, 0) is 39.5 Å². The van der Waals surface area contributed by atoms with E-state index in [-0.39, 0.29) is 24.2 Å². The van der Waals surface area contributed by atoms with Crippen LogP contribution in [0.1, 0.15) is 6.42 Å². The molecule has 3 aromatic carbocycles. The van der Waals surface area contributed by atoms with Crippen LogP contribution in [0.15, 0.2) is 71.2 Å². The molecule has 3 aromatic rings. The third kappa shape index (κ3) is 3.10. The van der Waals surface area contributed by atoms with Crippen molar-refractivity contribution >= 4 is 49.9 Å². The molecule has 0 saturated carbocycles. The molecule has 0 aromatic heterocycles. The molecule has 0 unspecified atom stereocenters. The summed E-state index contributed by atoms with van der Waals surface area (Å²) in [5.41, 5.74) is 1.58. The zero-order valence-corrected chi connectivity index (χ0v) is 15.6. The van der Waals surface area contributed by atoms with E-state index in [1.54, 1.807) is 4.90 Å². The van der Waals surface area contributed by atoms with Crippen LogP contribution in [0.2, 0.25) is 0 Å². The van der Waals surface area contributed by atoms with E-state index < -0.39 is 0 Å². The fraction of sp³-hybridized carbons (Fsp3) is 0.143. The number of nitrogens with one attached hydrogen (secondary N) is 1. The van der Waals surface area contributed by atoms with Crippen molar-refractivity contribution in [2.24, 2.45) is 5.92 Å². The molecule has 1 heterocycles. The molecule has 4 nitrogen and oxygen atoms in total. The van der Waals surface area contributed by atoms with Gasteiger partial charge in [-0.2, -0.15) is 0 Å². The van der Waals surface area contributed by atoms with Crippen molar-refractivity contribution < 1.29 is 9.59 Å². The number of carbonyl (C=O) groups is 2. The quantitative estimate of drug-likeness (QED) is 0.688. The van der Waals surface area contributed by atoms with Gasteiger partial charge in [0.15, 0.2) is 0 Å². The topological polar surface area (TPSA) is 49.4 Å². The zero-order chi connectivity index (χ0) is 18.1. The first kappa shape index (κ1) is 16.8. The van der Waals surface area contributed by atoms with Crippen molar-refractivity contribution in [3.05, 3.63) is 71.2 Å². The van der Waals surface area contributed by atoms with Crippen LogP contribution in [0, 0.1) is 5.92 Å². The Morgan fingerprint density at radius 3 is 2.58 bits per heavy atom.